The van der Waals surface area contributed by atoms with Crippen molar-refractivity contribution in [1.82, 2.24) is 4.90 Å². The van der Waals surface area contributed by atoms with Crippen molar-refractivity contribution in [2.24, 2.45) is 11.3 Å². The molecule has 0 bridgehead atoms. The van der Waals surface area contributed by atoms with E-state index in [0.29, 0.717) is 11.8 Å². The van der Waals surface area contributed by atoms with Gasteiger partial charge in [0, 0.05) is 12.5 Å². The molecule has 2 aliphatic heterocycles. The van der Waals surface area contributed by atoms with E-state index < -0.39 is 0 Å². The van der Waals surface area contributed by atoms with Crippen molar-refractivity contribution < 1.29 is 9.53 Å². The molecule has 3 aliphatic rings. The first kappa shape index (κ1) is 10.6. The van der Waals surface area contributed by atoms with E-state index in [2.05, 4.69) is 24.0 Å². The third kappa shape index (κ3) is 1.15. The van der Waals surface area contributed by atoms with E-state index in [9.17, 15) is 4.79 Å². The minimum Gasteiger partial charge on any atom is -0.377 e. The Balaban J connectivity index is 1.62. The van der Waals surface area contributed by atoms with Crippen molar-refractivity contribution >= 4 is 5.91 Å². The minimum atomic E-state index is -0.122. The maximum Gasteiger partial charge on any atom is 0.232 e. The van der Waals surface area contributed by atoms with E-state index in [1.165, 1.54) is 5.56 Å². The molecule has 2 saturated heterocycles. The molecular formula is C15H17NO2. The molecule has 0 aromatic heterocycles. The third-order valence-corrected chi connectivity index (χ3v) is 4.99. The van der Waals surface area contributed by atoms with Gasteiger partial charge in [0.1, 0.15) is 0 Å². The second kappa shape index (κ2) is 3.35. The first-order valence-corrected chi connectivity index (χ1v) is 6.71. The summed E-state index contributed by atoms with van der Waals surface area (Å²) >= 11 is 0. The van der Waals surface area contributed by atoms with Gasteiger partial charge in [-0.05, 0) is 18.9 Å². The maximum absolute atomic E-state index is 12.6. The second-order valence-corrected chi connectivity index (χ2v) is 5.81. The largest absolute Gasteiger partial charge is 0.377 e. The van der Waals surface area contributed by atoms with Gasteiger partial charge in [-0.3, -0.25) is 4.79 Å². The molecule has 94 valence electrons. The lowest BCUT2D eigenvalue weighted by molar-refractivity contribution is -0.134. The molecule has 1 saturated carbocycles. The molecule has 3 nitrogen and oxygen atoms in total. The SMILES string of the molecule is CC(c1ccccc1)N1CC2COC3CC23C1=O. The van der Waals surface area contributed by atoms with Crippen LogP contribution >= 0.6 is 0 Å². The zero-order chi connectivity index (χ0) is 12.3. The Morgan fingerprint density at radius 2 is 2.17 bits per heavy atom. The number of ether oxygens (including phenoxy) is 1. The average molecular weight is 243 g/mol. The van der Waals surface area contributed by atoms with Gasteiger partial charge in [-0.2, -0.15) is 0 Å². The van der Waals surface area contributed by atoms with Crippen LogP contribution in [-0.4, -0.2) is 30.1 Å². The van der Waals surface area contributed by atoms with E-state index in [1.807, 2.05) is 18.2 Å². The number of nitrogens with zero attached hydrogens (tertiary/aromatic N) is 1. The summed E-state index contributed by atoms with van der Waals surface area (Å²) in [4.78, 5) is 14.7. The van der Waals surface area contributed by atoms with Gasteiger partial charge < -0.3 is 9.64 Å². The molecule has 3 heteroatoms. The Kier molecular flexibility index (Phi) is 1.97. The topological polar surface area (TPSA) is 29.5 Å². The van der Waals surface area contributed by atoms with Gasteiger partial charge in [0.25, 0.3) is 0 Å². The van der Waals surface area contributed by atoms with Crippen LogP contribution in [0.15, 0.2) is 30.3 Å². The number of hydrogen-bond donors (Lipinski definition) is 0. The quantitative estimate of drug-likeness (QED) is 0.795. The van der Waals surface area contributed by atoms with E-state index in [0.717, 1.165) is 19.6 Å². The number of amides is 1. The highest BCUT2D eigenvalue weighted by atomic mass is 16.5. The van der Waals surface area contributed by atoms with Crippen molar-refractivity contribution in [1.29, 1.82) is 0 Å². The van der Waals surface area contributed by atoms with Crippen LogP contribution in [0.5, 0.6) is 0 Å². The smallest absolute Gasteiger partial charge is 0.232 e. The molecule has 4 unspecified atom stereocenters. The van der Waals surface area contributed by atoms with Crippen LogP contribution in [0, 0.1) is 11.3 Å². The van der Waals surface area contributed by atoms with Crippen molar-refractivity contribution in [2.45, 2.75) is 25.5 Å². The Labute approximate surface area is 107 Å². The zero-order valence-corrected chi connectivity index (χ0v) is 10.5. The molecular weight excluding hydrogens is 226 g/mol. The molecule has 4 atom stereocenters. The first-order chi connectivity index (χ1) is 8.73. The highest BCUT2D eigenvalue weighted by Crippen LogP contribution is 2.63. The van der Waals surface area contributed by atoms with Crippen LogP contribution in [-0.2, 0) is 9.53 Å². The van der Waals surface area contributed by atoms with E-state index in [-0.39, 0.29) is 17.6 Å². The molecule has 0 radical (unpaired) electrons. The van der Waals surface area contributed by atoms with Crippen LogP contribution in [0.25, 0.3) is 0 Å². The number of carbonyl (C=O) groups excluding carboxylic acids is 1. The summed E-state index contributed by atoms with van der Waals surface area (Å²) in [5.74, 6) is 0.757. The van der Waals surface area contributed by atoms with Crippen LogP contribution in [0.1, 0.15) is 24.9 Å². The standard InChI is InChI=1S/C15H17NO2/c1-10(11-5-3-2-4-6-11)16-8-12-9-18-13-7-15(12,13)14(16)17/h2-6,10,12-13H,7-9H2,1H3. The van der Waals surface area contributed by atoms with Crippen molar-refractivity contribution in [3.63, 3.8) is 0 Å². The van der Waals surface area contributed by atoms with Crippen molar-refractivity contribution in [3.8, 4) is 0 Å². The Morgan fingerprint density at radius 3 is 2.83 bits per heavy atom. The third-order valence-electron chi connectivity index (χ3n) is 4.99. The van der Waals surface area contributed by atoms with Gasteiger partial charge in [0.15, 0.2) is 0 Å². The summed E-state index contributed by atoms with van der Waals surface area (Å²) in [6, 6.07) is 10.5. The fraction of sp³-hybridized carbons (Fsp3) is 0.533. The normalized spacial score (nSPS) is 38.5. The highest BCUT2D eigenvalue weighted by molar-refractivity contribution is 5.90. The van der Waals surface area contributed by atoms with E-state index in [4.69, 9.17) is 4.74 Å². The molecule has 4 rings (SSSR count). The first-order valence-electron chi connectivity index (χ1n) is 6.71. The van der Waals surface area contributed by atoms with Gasteiger partial charge in [0.2, 0.25) is 5.91 Å². The molecule has 1 aromatic rings. The van der Waals surface area contributed by atoms with Crippen LogP contribution in [0.4, 0.5) is 0 Å². The molecule has 3 fully saturated rings. The van der Waals surface area contributed by atoms with Crippen LogP contribution in [0.3, 0.4) is 0 Å². The molecule has 1 aromatic carbocycles. The van der Waals surface area contributed by atoms with Gasteiger partial charge in [-0.15, -0.1) is 0 Å². The summed E-state index contributed by atoms with van der Waals surface area (Å²) in [6.45, 7) is 3.77. The maximum atomic E-state index is 12.6. The lowest BCUT2D eigenvalue weighted by Gasteiger charge is -2.25. The lowest BCUT2D eigenvalue weighted by Crippen LogP contribution is -2.31. The predicted octanol–water partition coefficient (Wildman–Crippen LogP) is 1.99. The molecule has 18 heavy (non-hydrogen) atoms. The minimum absolute atomic E-state index is 0.122. The van der Waals surface area contributed by atoms with Gasteiger partial charge >= 0.3 is 0 Å². The van der Waals surface area contributed by atoms with Crippen LogP contribution < -0.4 is 0 Å². The lowest BCUT2D eigenvalue weighted by atomic mass is 9.94. The summed E-state index contributed by atoms with van der Waals surface area (Å²) in [7, 11) is 0. The summed E-state index contributed by atoms with van der Waals surface area (Å²) in [5.41, 5.74) is 1.10. The average Bonchev–Trinajstić information content (AvgIpc) is 2.94. The number of hydrogen-bond acceptors (Lipinski definition) is 2. The van der Waals surface area contributed by atoms with Crippen molar-refractivity contribution in [3.05, 3.63) is 35.9 Å². The summed E-state index contributed by atoms with van der Waals surface area (Å²) in [6.07, 6.45) is 1.18. The predicted molar refractivity (Wildman–Crippen MR) is 66.9 cm³/mol. The molecule has 1 aliphatic carbocycles. The number of carbonyl (C=O) groups is 1. The van der Waals surface area contributed by atoms with E-state index >= 15 is 0 Å². The zero-order valence-electron chi connectivity index (χ0n) is 10.5. The van der Waals surface area contributed by atoms with Gasteiger partial charge in [-0.25, -0.2) is 0 Å². The molecule has 1 spiro atoms. The van der Waals surface area contributed by atoms with Gasteiger partial charge in [-0.1, -0.05) is 30.3 Å². The fourth-order valence-electron chi connectivity index (χ4n) is 3.71. The second-order valence-electron chi connectivity index (χ2n) is 5.81. The van der Waals surface area contributed by atoms with E-state index in [1.54, 1.807) is 0 Å². The number of benzene rings is 1. The van der Waals surface area contributed by atoms with Crippen LogP contribution in [0.2, 0.25) is 0 Å². The number of likely N-dealkylation sites (tertiary alicyclic amines) is 1. The molecule has 1 amide bonds. The molecule has 0 N–H and O–H groups in total. The van der Waals surface area contributed by atoms with Crippen molar-refractivity contribution in [2.75, 3.05) is 13.2 Å². The Bertz CT molecular complexity index is 500. The fourth-order valence-corrected chi connectivity index (χ4v) is 3.71. The highest BCUT2D eigenvalue weighted by Gasteiger charge is 2.73. The Hall–Kier alpha value is -1.35. The monoisotopic (exact) mass is 243 g/mol. The Morgan fingerprint density at radius 1 is 1.39 bits per heavy atom. The summed E-state index contributed by atoms with van der Waals surface area (Å²) in [5, 5.41) is 0. The summed E-state index contributed by atoms with van der Waals surface area (Å²) < 4.78 is 5.64. The number of rotatable bonds is 2. The molecule has 2 heterocycles. The van der Waals surface area contributed by atoms with Gasteiger partial charge in [0.05, 0.1) is 24.2 Å².